The molecule has 12 heavy (non-hydrogen) atoms. The molecule has 0 aromatic rings. The lowest BCUT2D eigenvalue weighted by Gasteiger charge is -2.41. The van der Waals surface area contributed by atoms with Crippen LogP contribution in [-0.2, 0) is 4.74 Å². The monoisotopic (exact) mass is 173 g/mol. The van der Waals surface area contributed by atoms with Gasteiger partial charge in [0.25, 0.3) is 0 Å². The fourth-order valence-corrected chi connectivity index (χ4v) is 1.21. The summed E-state index contributed by atoms with van der Waals surface area (Å²) in [5.74, 6) is 0.254. The Hall–Kier alpha value is -0.810. The van der Waals surface area contributed by atoms with Crippen LogP contribution in [0.2, 0.25) is 0 Å². The first kappa shape index (κ1) is 9.28. The van der Waals surface area contributed by atoms with Gasteiger partial charge < -0.3 is 15.7 Å². The van der Waals surface area contributed by atoms with Crippen molar-refractivity contribution in [1.29, 1.82) is 0 Å². The molecule has 0 amide bonds. The molecule has 0 saturated carbocycles. The van der Waals surface area contributed by atoms with Crippen LogP contribution in [0.4, 0.5) is 0 Å². The summed E-state index contributed by atoms with van der Waals surface area (Å²) in [7, 11) is 1.69. The van der Waals surface area contributed by atoms with Crippen molar-refractivity contribution >= 4 is 5.84 Å². The Bertz CT molecular complexity index is 177. The van der Waals surface area contributed by atoms with Gasteiger partial charge in [-0.05, 0) is 6.92 Å². The van der Waals surface area contributed by atoms with Gasteiger partial charge in [0.1, 0.15) is 0 Å². The summed E-state index contributed by atoms with van der Waals surface area (Å²) in [5, 5.41) is 11.4. The maximum Gasteiger partial charge on any atom is 0.156 e. The minimum absolute atomic E-state index is 0.00130. The van der Waals surface area contributed by atoms with Crippen LogP contribution in [0.5, 0.6) is 0 Å². The highest BCUT2D eigenvalue weighted by Gasteiger charge is 2.31. The molecular formula is C7H15N3O2. The van der Waals surface area contributed by atoms with Gasteiger partial charge in [0.05, 0.1) is 12.1 Å². The van der Waals surface area contributed by atoms with Crippen molar-refractivity contribution in [2.75, 3.05) is 20.2 Å². The van der Waals surface area contributed by atoms with Crippen molar-refractivity contribution < 1.29 is 9.94 Å². The second kappa shape index (κ2) is 3.73. The van der Waals surface area contributed by atoms with E-state index in [-0.39, 0.29) is 11.9 Å². The molecule has 1 heterocycles. The predicted octanol–water partition coefficient (Wildman–Crippen LogP) is -0.548. The largest absolute Gasteiger partial charge is 0.409 e. The minimum Gasteiger partial charge on any atom is -0.409 e. The van der Waals surface area contributed by atoms with E-state index in [1.54, 1.807) is 7.11 Å². The Kier molecular flexibility index (Phi) is 2.88. The van der Waals surface area contributed by atoms with E-state index in [9.17, 15) is 0 Å². The van der Waals surface area contributed by atoms with E-state index in [0.717, 1.165) is 13.1 Å². The van der Waals surface area contributed by atoms with Crippen molar-refractivity contribution in [2.45, 2.75) is 19.1 Å². The normalized spacial score (nSPS) is 23.7. The molecule has 0 spiro atoms. The first-order chi connectivity index (χ1) is 5.69. The zero-order chi connectivity index (χ0) is 9.14. The summed E-state index contributed by atoms with van der Waals surface area (Å²) in [4.78, 5) is 2.09. The Morgan fingerprint density at radius 3 is 2.75 bits per heavy atom. The molecule has 1 saturated heterocycles. The average molecular weight is 173 g/mol. The molecule has 0 aliphatic carbocycles. The Morgan fingerprint density at radius 2 is 2.33 bits per heavy atom. The SMILES string of the molecule is COC1CN(C(C)/C(N)=N/O)C1. The first-order valence-electron chi connectivity index (χ1n) is 3.93. The third-order valence-electron chi connectivity index (χ3n) is 2.30. The number of nitrogens with two attached hydrogens (primary N) is 1. The fraction of sp³-hybridized carbons (Fsp3) is 0.857. The predicted molar refractivity (Wildman–Crippen MR) is 45.2 cm³/mol. The summed E-state index contributed by atoms with van der Waals surface area (Å²) < 4.78 is 5.10. The third-order valence-corrected chi connectivity index (χ3v) is 2.30. The highest BCUT2D eigenvalue weighted by molar-refractivity contribution is 5.84. The summed E-state index contributed by atoms with van der Waals surface area (Å²) in [5.41, 5.74) is 5.43. The number of oxime groups is 1. The second-order valence-corrected chi connectivity index (χ2v) is 3.01. The lowest BCUT2D eigenvalue weighted by Crippen LogP contribution is -2.58. The van der Waals surface area contributed by atoms with Gasteiger partial charge in [-0.1, -0.05) is 5.16 Å². The molecule has 70 valence electrons. The van der Waals surface area contributed by atoms with Crippen LogP contribution in [0.15, 0.2) is 5.16 Å². The van der Waals surface area contributed by atoms with Crippen molar-refractivity contribution in [3.05, 3.63) is 0 Å². The van der Waals surface area contributed by atoms with E-state index >= 15 is 0 Å². The average Bonchev–Trinajstić information content (AvgIpc) is 2.01. The molecule has 0 aromatic heterocycles. The lowest BCUT2D eigenvalue weighted by atomic mass is 10.1. The summed E-state index contributed by atoms with van der Waals surface area (Å²) in [6, 6.07) is 0.00130. The van der Waals surface area contributed by atoms with Crippen LogP contribution in [0.1, 0.15) is 6.92 Å². The van der Waals surface area contributed by atoms with Gasteiger partial charge in [0.2, 0.25) is 0 Å². The van der Waals surface area contributed by atoms with E-state index in [2.05, 4.69) is 10.1 Å². The minimum atomic E-state index is 0.00130. The van der Waals surface area contributed by atoms with Crippen molar-refractivity contribution in [1.82, 2.24) is 4.90 Å². The van der Waals surface area contributed by atoms with E-state index in [4.69, 9.17) is 15.7 Å². The highest BCUT2D eigenvalue weighted by atomic mass is 16.5. The van der Waals surface area contributed by atoms with E-state index in [0.29, 0.717) is 6.10 Å². The lowest BCUT2D eigenvalue weighted by molar-refractivity contribution is -0.0362. The number of hydrogen-bond acceptors (Lipinski definition) is 4. The summed E-state index contributed by atoms with van der Waals surface area (Å²) in [6.45, 7) is 3.61. The molecule has 1 atom stereocenters. The van der Waals surface area contributed by atoms with Gasteiger partial charge in [-0.2, -0.15) is 0 Å². The molecule has 1 aliphatic heterocycles. The summed E-state index contributed by atoms with van der Waals surface area (Å²) in [6.07, 6.45) is 0.305. The van der Waals surface area contributed by atoms with Crippen LogP contribution < -0.4 is 5.73 Å². The topological polar surface area (TPSA) is 71.1 Å². The molecule has 1 rings (SSSR count). The van der Waals surface area contributed by atoms with E-state index in [1.165, 1.54) is 0 Å². The maximum absolute atomic E-state index is 8.40. The summed E-state index contributed by atoms with van der Waals surface area (Å²) >= 11 is 0. The van der Waals surface area contributed by atoms with Gasteiger partial charge in [0, 0.05) is 20.2 Å². The Morgan fingerprint density at radius 1 is 1.75 bits per heavy atom. The van der Waals surface area contributed by atoms with Crippen molar-refractivity contribution in [3.8, 4) is 0 Å². The number of rotatable bonds is 3. The standard InChI is InChI=1S/C7H15N3O2/c1-5(7(8)9-11)10-3-6(4-10)12-2/h5-6,11H,3-4H2,1-2H3,(H2,8,9). The molecule has 5 nitrogen and oxygen atoms in total. The molecule has 1 aliphatic rings. The molecule has 0 bridgehead atoms. The number of hydrogen-bond donors (Lipinski definition) is 2. The smallest absolute Gasteiger partial charge is 0.156 e. The quantitative estimate of drug-likeness (QED) is 0.260. The van der Waals surface area contributed by atoms with Gasteiger partial charge in [-0.3, -0.25) is 4.90 Å². The highest BCUT2D eigenvalue weighted by Crippen LogP contribution is 2.14. The Balaban J connectivity index is 2.33. The molecule has 0 aromatic carbocycles. The molecule has 0 radical (unpaired) electrons. The molecule has 1 unspecified atom stereocenters. The zero-order valence-corrected chi connectivity index (χ0v) is 7.40. The van der Waals surface area contributed by atoms with Crippen LogP contribution in [-0.4, -0.2) is 48.3 Å². The van der Waals surface area contributed by atoms with Crippen LogP contribution in [0, 0.1) is 0 Å². The van der Waals surface area contributed by atoms with Crippen LogP contribution >= 0.6 is 0 Å². The molecule has 1 fully saturated rings. The van der Waals surface area contributed by atoms with Gasteiger partial charge >= 0.3 is 0 Å². The number of methoxy groups -OCH3 is 1. The van der Waals surface area contributed by atoms with Crippen molar-refractivity contribution in [2.24, 2.45) is 10.9 Å². The van der Waals surface area contributed by atoms with Gasteiger partial charge in [-0.15, -0.1) is 0 Å². The first-order valence-corrected chi connectivity index (χ1v) is 3.93. The van der Waals surface area contributed by atoms with Crippen molar-refractivity contribution in [3.63, 3.8) is 0 Å². The number of ether oxygens (including phenoxy) is 1. The van der Waals surface area contributed by atoms with Gasteiger partial charge in [0.15, 0.2) is 5.84 Å². The molecule has 3 N–H and O–H groups in total. The van der Waals surface area contributed by atoms with Crippen LogP contribution in [0.3, 0.4) is 0 Å². The second-order valence-electron chi connectivity index (χ2n) is 3.01. The number of amidine groups is 1. The van der Waals surface area contributed by atoms with E-state index in [1.807, 2.05) is 6.92 Å². The van der Waals surface area contributed by atoms with E-state index < -0.39 is 0 Å². The van der Waals surface area contributed by atoms with Crippen LogP contribution in [0.25, 0.3) is 0 Å². The molecule has 5 heteroatoms. The number of likely N-dealkylation sites (tertiary alicyclic amines) is 1. The Labute approximate surface area is 71.8 Å². The molecular weight excluding hydrogens is 158 g/mol. The maximum atomic E-state index is 8.40. The van der Waals surface area contributed by atoms with Gasteiger partial charge in [-0.25, -0.2) is 0 Å². The zero-order valence-electron chi connectivity index (χ0n) is 7.40. The number of nitrogens with zero attached hydrogens (tertiary/aromatic N) is 2. The fourth-order valence-electron chi connectivity index (χ4n) is 1.21. The third kappa shape index (κ3) is 1.67.